The number of halogens is 2. The second-order valence-electron chi connectivity index (χ2n) is 6.51. The molecule has 0 saturated carbocycles. The zero-order chi connectivity index (χ0) is 18.1. The van der Waals surface area contributed by atoms with Gasteiger partial charge in [-0.15, -0.1) is 0 Å². The summed E-state index contributed by atoms with van der Waals surface area (Å²) in [6.45, 7) is 4.87. The van der Waals surface area contributed by atoms with Crippen molar-refractivity contribution in [2.24, 2.45) is 0 Å². The third kappa shape index (κ3) is 3.60. The minimum absolute atomic E-state index is 0.410. The Morgan fingerprint density at radius 2 is 1.73 bits per heavy atom. The lowest BCUT2D eigenvalue weighted by Gasteiger charge is -2.37. The first-order valence-corrected chi connectivity index (χ1v) is 9.40. The van der Waals surface area contributed by atoms with E-state index >= 15 is 0 Å². The molecule has 2 saturated heterocycles. The average molecular weight is 395 g/mol. The lowest BCUT2D eigenvalue weighted by molar-refractivity contribution is -0.169. The number of para-hydroxylation sites is 1. The molecule has 2 aliphatic rings. The molecule has 0 amide bonds. The summed E-state index contributed by atoms with van der Waals surface area (Å²) in [5, 5.41) is 4.31. The molecule has 0 atom stereocenters. The fourth-order valence-electron chi connectivity index (χ4n) is 3.34. The Balaban J connectivity index is 1.53. The molecule has 2 fully saturated rings. The van der Waals surface area contributed by atoms with Crippen LogP contribution in [0.5, 0.6) is 0 Å². The molecule has 0 bridgehead atoms. The van der Waals surface area contributed by atoms with Crippen molar-refractivity contribution < 1.29 is 9.47 Å². The van der Waals surface area contributed by atoms with Crippen LogP contribution in [0, 0.1) is 6.92 Å². The number of hydrogen-bond donors (Lipinski definition) is 1. The molecule has 1 aromatic heterocycles. The number of aryl methyl sites for hydroxylation is 1. The van der Waals surface area contributed by atoms with E-state index in [-0.39, 0.29) is 0 Å². The normalized spacial score (nSPS) is 19.1. The minimum atomic E-state index is -0.410. The molecule has 4 rings (SSSR count). The van der Waals surface area contributed by atoms with E-state index in [0.717, 1.165) is 31.6 Å². The van der Waals surface area contributed by atoms with Crippen LogP contribution in [0.2, 0.25) is 10.0 Å². The van der Waals surface area contributed by atoms with Crippen LogP contribution in [0.1, 0.15) is 18.5 Å². The number of ether oxygens (including phenoxy) is 2. The first kappa shape index (κ1) is 17.8. The van der Waals surface area contributed by atoms with Crippen molar-refractivity contribution in [3.05, 3.63) is 40.0 Å². The van der Waals surface area contributed by atoms with Gasteiger partial charge in [0.05, 0.1) is 28.9 Å². The van der Waals surface area contributed by atoms with Crippen molar-refractivity contribution in [1.82, 2.24) is 9.97 Å². The van der Waals surface area contributed by atoms with Gasteiger partial charge in [0.2, 0.25) is 5.95 Å². The van der Waals surface area contributed by atoms with E-state index in [1.54, 1.807) is 12.1 Å². The summed E-state index contributed by atoms with van der Waals surface area (Å²) in [7, 11) is 0. The Morgan fingerprint density at radius 1 is 1.08 bits per heavy atom. The van der Waals surface area contributed by atoms with Gasteiger partial charge in [-0.2, -0.15) is 4.98 Å². The van der Waals surface area contributed by atoms with E-state index in [0.29, 0.717) is 40.7 Å². The molecule has 26 heavy (non-hydrogen) atoms. The van der Waals surface area contributed by atoms with Gasteiger partial charge >= 0.3 is 0 Å². The van der Waals surface area contributed by atoms with Gasteiger partial charge in [-0.3, -0.25) is 0 Å². The lowest BCUT2D eigenvalue weighted by atomic mass is 10.0. The van der Waals surface area contributed by atoms with E-state index in [1.807, 2.05) is 19.1 Å². The summed E-state index contributed by atoms with van der Waals surface area (Å²) in [6, 6.07) is 7.26. The molecular formula is C18H20Cl2N4O2. The molecule has 2 aromatic rings. The fraction of sp³-hybridized carbons (Fsp3) is 0.444. The quantitative estimate of drug-likeness (QED) is 0.842. The number of aromatic nitrogens is 2. The summed E-state index contributed by atoms with van der Waals surface area (Å²) in [5.41, 5.74) is 1.51. The van der Waals surface area contributed by atoms with Crippen LogP contribution in [0.4, 0.5) is 17.5 Å². The second-order valence-corrected chi connectivity index (χ2v) is 7.33. The van der Waals surface area contributed by atoms with Crippen LogP contribution in [-0.4, -0.2) is 42.1 Å². The Bertz CT molecular complexity index is 782. The van der Waals surface area contributed by atoms with Crippen LogP contribution >= 0.6 is 23.2 Å². The van der Waals surface area contributed by atoms with Gasteiger partial charge in [-0.25, -0.2) is 4.98 Å². The first-order chi connectivity index (χ1) is 12.5. The van der Waals surface area contributed by atoms with Crippen molar-refractivity contribution in [2.75, 3.05) is 36.5 Å². The van der Waals surface area contributed by atoms with E-state index in [1.165, 1.54) is 0 Å². The Kier molecular flexibility index (Phi) is 4.92. The van der Waals surface area contributed by atoms with E-state index in [4.69, 9.17) is 32.7 Å². The van der Waals surface area contributed by atoms with Crippen LogP contribution in [0.25, 0.3) is 0 Å². The summed E-state index contributed by atoms with van der Waals surface area (Å²) in [5.74, 6) is 0.937. The third-order valence-corrected chi connectivity index (χ3v) is 5.31. The number of piperidine rings is 1. The lowest BCUT2D eigenvalue weighted by Crippen LogP contribution is -2.45. The van der Waals surface area contributed by atoms with Gasteiger partial charge in [0.25, 0.3) is 0 Å². The van der Waals surface area contributed by atoms with Crippen molar-refractivity contribution in [3.63, 3.8) is 0 Å². The maximum absolute atomic E-state index is 6.25. The molecule has 1 aromatic carbocycles. The minimum Gasteiger partial charge on any atom is -0.347 e. The van der Waals surface area contributed by atoms with Gasteiger partial charge in [0, 0.05) is 37.7 Å². The van der Waals surface area contributed by atoms with Crippen molar-refractivity contribution in [2.45, 2.75) is 25.6 Å². The van der Waals surface area contributed by atoms with Crippen molar-refractivity contribution in [1.29, 1.82) is 0 Å². The number of hydrogen-bond acceptors (Lipinski definition) is 6. The molecule has 138 valence electrons. The molecule has 0 unspecified atom stereocenters. The standard InChI is InChI=1S/C18H20Cl2N4O2/c1-12-11-15(22-16-13(19)3-2-4-14(16)20)23-17(21-12)24-7-5-18(6-8-24)25-9-10-26-18/h2-4,11H,5-10H2,1H3,(H,21,22,23). The summed E-state index contributed by atoms with van der Waals surface area (Å²) >= 11 is 12.5. The molecule has 8 heteroatoms. The molecule has 1 spiro atoms. The highest BCUT2D eigenvalue weighted by molar-refractivity contribution is 6.39. The van der Waals surface area contributed by atoms with E-state index in [9.17, 15) is 0 Å². The molecule has 2 aliphatic heterocycles. The van der Waals surface area contributed by atoms with Crippen LogP contribution in [-0.2, 0) is 9.47 Å². The van der Waals surface area contributed by atoms with E-state index in [2.05, 4.69) is 20.2 Å². The average Bonchev–Trinajstić information content (AvgIpc) is 3.06. The monoisotopic (exact) mass is 394 g/mol. The molecule has 3 heterocycles. The molecule has 0 aliphatic carbocycles. The van der Waals surface area contributed by atoms with Crippen LogP contribution in [0.15, 0.2) is 24.3 Å². The predicted molar refractivity (Wildman–Crippen MR) is 103 cm³/mol. The van der Waals surface area contributed by atoms with E-state index < -0.39 is 5.79 Å². The van der Waals surface area contributed by atoms with Crippen LogP contribution in [0.3, 0.4) is 0 Å². The SMILES string of the molecule is Cc1cc(Nc2c(Cl)cccc2Cl)nc(N2CCC3(CC2)OCCO3)n1. The maximum Gasteiger partial charge on any atom is 0.227 e. The van der Waals surface area contributed by atoms with Crippen molar-refractivity contribution in [3.8, 4) is 0 Å². The van der Waals surface area contributed by atoms with Gasteiger partial charge in [-0.05, 0) is 19.1 Å². The number of nitrogens with zero attached hydrogens (tertiary/aromatic N) is 3. The largest absolute Gasteiger partial charge is 0.347 e. The summed E-state index contributed by atoms with van der Waals surface area (Å²) in [4.78, 5) is 11.4. The highest BCUT2D eigenvalue weighted by atomic mass is 35.5. The topological polar surface area (TPSA) is 59.5 Å². The summed E-state index contributed by atoms with van der Waals surface area (Å²) in [6.07, 6.45) is 1.62. The zero-order valence-electron chi connectivity index (χ0n) is 14.5. The predicted octanol–water partition coefficient (Wildman–Crippen LogP) is 4.18. The Hall–Kier alpha value is -1.60. The smallest absolute Gasteiger partial charge is 0.227 e. The zero-order valence-corrected chi connectivity index (χ0v) is 16.0. The Labute approximate surface area is 162 Å². The molecule has 0 radical (unpaired) electrons. The number of anilines is 3. The van der Waals surface area contributed by atoms with Gasteiger partial charge in [0.15, 0.2) is 5.79 Å². The fourth-order valence-corrected chi connectivity index (χ4v) is 3.83. The molecule has 6 nitrogen and oxygen atoms in total. The van der Waals surface area contributed by atoms with Gasteiger partial charge in [-0.1, -0.05) is 29.3 Å². The third-order valence-electron chi connectivity index (χ3n) is 4.68. The van der Waals surface area contributed by atoms with Gasteiger partial charge < -0.3 is 19.7 Å². The van der Waals surface area contributed by atoms with Crippen molar-refractivity contribution >= 4 is 40.7 Å². The molecular weight excluding hydrogens is 375 g/mol. The number of benzene rings is 1. The number of nitrogens with one attached hydrogen (secondary N) is 1. The maximum atomic E-state index is 6.25. The summed E-state index contributed by atoms with van der Waals surface area (Å²) < 4.78 is 11.6. The van der Waals surface area contributed by atoms with Crippen LogP contribution < -0.4 is 10.2 Å². The second kappa shape index (κ2) is 7.19. The first-order valence-electron chi connectivity index (χ1n) is 8.64. The highest BCUT2D eigenvalue weighted by Gasteiger charge is 2.40. The molecule has 1 N–H and O–H groups in total. The number of rotatable bonds is 3. The highest BCUT2D eigenvalue weighted by Crippen LogP contribution is 2.34. The van der Waals surface area contributed by atoms with Gasteiger partial charge in [0.1, 0.15) is 5.82 Å². The Morgan fingerprint density at radius 3 is 2.38 bits per heavy atom.